The van der Waals surface area contributed by atoms with Gasteiger partial charge in [-0.3, -0.25) is 14.9 Å². The Kier molecular flexibility index (Phi) is 7.27. The van der Waals surface area contributed by atoms with Crippen LogP contribution in [-0.4, -0.2) is 41.2 Å². The van der Waals surface area contributed by atoms with Crippen LogP contribution in [0.2, 0.25) is 0 Å². The molecule has 29 heavy (non-hydrogen) atoms. The van der Waals surface area contributed by atoms with E-state index in [2.05, 4.69) is 10.1 Å². The minimum atomic E-state index is -1.37. The maximum atomic E-state index is 12.7. The average Bonchev–Trinajstić information content (AvgIpc) is 2.70. The van der Waals surface area contributed by atoms with Gasteiger partial charge in [0.05, 0.1) is 18.1 Å². The van der Waals surface area contributed by atoms with Gasteiger partial charge in [0.25, 0.3) is 5.91 Å². The lowest BCUT2D eigenvalue weighted by atomic mass is 10.1. The van der Waals surface area contributed by atoms with Crippen LogP contribution in [0.25, 0.3) is 0 Å². The van der Waals surface area contributed by atoms with E-state index in [1.807, 2.05) is 18.2 Å². The standard InChI is InChI=1S/C20H22N2O7/c1-12-9-10-15(19(24)21-16(13(2)23)20(25)28-3)17(22(26)27)18(12)29-11-14-7-5-4-6-8-14/h4-10,13,16,23H,11H2,1-3H3,(H,21,24)/t13-,16+/m1/s1. The molecular formula is C20H22N2O7. The van der Waals surface area contributed by atoms with Crippen LogP contribution in [0.4, 0.5) is 5.69 Å². The minimum absolute atomic E-state index is 0.0434. The highest BCUT2D eigenvalue weighted by Gasteiger charge is 2.32. The number of nitrogens with one attached hydrogen (secondary N) is 1. The molecule has 2 aromatic carbocycles. The number of hydrogen-bond donors (Lipinski definition) is 2. The highest BCUT2D eigenvalue weighted by Crippen LogP contribution is 2.35. The van der Waals surface area contributed by atoms with Gasteiger partial charge >= 0.3 is 11.7 Å². The van der Waals surface area contributed by atoms with Gasteiger partial charge in [0.15, 0.2) is 6.04 Å². The van der Waals surface area contributed by atoms with Crippen LogP contribution in [0.1, 0.15) is 28.4 Å². The Morgan fingerprint density at radius 2 is 1.86 bits per heavy atom. The van der Waals surface area contributed by atoms with E-state index < -0.39 is 34.6 Å². The molecule has 0 radical (unpaired) electrons. The Hall–Kier alpha value is -3.46. The number of methoxy groups -OCH3 is 1. The summed E-state index contributed by atoms with van der Waals surface area (Å²) in [6.45, 7) is 2.99. The van der Waals surface area contributed by atoms with Gasteiger partial charge in [-0.2, -0.15) is 0 Å². The molecule has 0 aliphatic heterocycles. The van der Waals surface area contributed by atoms with Crippen molar-refractivity contribution in [2.75, 3.05) is 7.11 Å². The van der Waals surface area contributed by atoms with Crippen molar-refractivity contribution in [1.29, 1.82) is 0 Å². The van der Waals surface area contributed by atoms with Crippen LogP contribution in [0.15, 0.2) is 42.5 Å². The molecule has 0 fully saturated rings. The minimum Gasteiger partial charge on any atom is -0.482 e. The SMILES string of the molecule is COC(=O)[C@@H](NC(=O)c1ccc(C)c(OCc2ccccc2)c1[N+](=O)[O-])[C@@H](C)O. The maximum Gasteiger partial charge on any atom is 0.331 e. The molecule has 1 amide bonds. The van der Waals surface area contributed by atoms with Gasteiger partial charge < -0.3 is 19.9 Å². The third-order valence-corrected chi connectivity index (χ3v) is 4.21. The van der Waals surface area contributed by atoms with Crippen LogP contribution in [0.5, 0.6) is 5.75 Å². The Balaban J connectivity index is 2.38. The molecule has 0 heterocycles. The number of esters is 1. The predicted molar refractivity (Wildman–Crippen MR) is 104 cm³/mol. The summed E-state index contributed by atoms with van der Waals surface area (Å²) in [7, 11) is 1.10. The first kappa shape index (κ1) is 21.8. The lowest BCUT2D eigenvalue weighted by Crippen LogP contribution is -2.48. The number of nitro benzene ring substituents is 1. The lowest BCUT2D eigenvalue weighted by molar-refractivity contribution is -0.386. The maximum absolute atomic E-state index is 12.7. The summed E-state index contributed by atoms with van der Waals surface area (Å²) in [5, 5.41) is 23.7. The van der Waals surface area contributed by atoms with Crippen molar-refractivity contribution in [3.05, 3.63) is 69.3 Å². The first-order chi connectivity index (χ1) is 13.8. The molecule has 0 aliphatic rings. The van der Waals surface area contributed by atoms with Gasteiger partial charge in [0.1, 0.15) is 12.2 Å². The summed E-state index contributed by atoms with van der Waals surface area (Å²) < 4.78 is 10.2. The number of carbonyl (C=O) groups is 2. The van der Waals surface area contributed by atoms with Gasteiger partial charge in [-0.1, -0.05) is 36.4 Å². The molecule has 2 aromatic rings. The van der Waals surface area contributed by atoms with E-state index in [1.165, 1.54) is 19.1 Å². The number of aliphatic hydroxyl groups is 1. The Labute approximate surface area is 167 Å². The molecule has 9 heteroatoms. The summed E-state index contributed by atoms with van der Waals surface area (Å²) in [6.07, 6.45) is -1.26. The second kappa shape index (κ2) is 9.65. The number of aliphatic hydroxyl groups excluding tert-OH is 1. The van der Waals surface area contributed by atoms with Gasteiger partial charge in [0, 0.05) is 0 Å². The first-order valence-corrected chi connectivity index (χ1v) is 8.77. The zero-order valence-electron chi connectivity index (χ0n) is 16.2. The molecule has 2 atom stereocenters. The molecule has 0 saturated heterocycles. The van der Waals surface area contributed by atoms with E-state index in [9.17, 15) is 24.8 Å². The molecule has 0 aromatic heterocycles. The third-order valence-electron chi connectivity index (χ3n) is 4.21. The highest BCUT2D eigenvalue weighted by molar-refractivity contribution is 6.01. The van der Waals surface area contributed by atoms with Crippen molar-refractivity contribution in [3.63, 3.8) is 0 Å². The van der Waals surface area contributed by atoms with E-state index in [-0.39, 0.29) is 17.9 Å². The summed E-state index contributed by atoms with van der Waals surface area (Å²) in [5.41, 5.74) is 0.464. The summed E-state index contributed by atoms with van der Waals surface area (Å²) in [5.74, 6) is -1.82. The molecule has 0 bridgehead atoms. The van der Waals surface area contributed by atoms with E-state index in [0.717, 1.165) is 12.7 Å². The second-order valence-electron chi connectivity index (χ2n) is 6.35. The number of benzene rings is 2. The number of carbonyl (C=O) groups excluding carboxylic acids is 2. The Morgan fingerprint density at radius 3 is 2.41 bits per heavy atom. The predicted octanol–water partition coefficient (Wildman–Crippen LogP) is 2.13. The van der Waals surface area contributed by atoms with Crippen molar-refractivity contribution in [2.24, 2.45) is 0 Å². The summed E-state index contributed by atoms with van der Waals surface area (Å²) in [6, 6.07) is 10.5. The van der Waals surface area contributed by atoms with Crippen molar-refractivity contribution < 1.29 is 29.1 Å². The largest absolute Gasteiger partial charge is 0.482 e. The monoisotopic (exact) mass is 402 g/mol. The molecule has 0 saturated carbocycles. The molecule has 0 aliphatic carbocycles. The summed E-state index contributed by atoms with van der Waals surface area (Å²) in [4.78, 5) is 35.4. The smallest absolute Gasteiger partial charge is 0.331 e. The zero-order chi connectivity index (χ0) is 21.6. The van der Waals surface area contributed by atoms with Crippen LogP contribution in [0.3, 0.4) is 0 Å². The number of rotatable bonds is 8. The van der Waals surface area contributed by atoms with E-state index >= 15 is 0 Å². The number of hydrogen-bond acceptors (Lipinski definition) is 7. The fourth-order valence-corrected chi connectivity index (χ4v) is 2.67. The fraction of sp³-hybridized carbons (Fsp3) is 0.300. The van der Waals surface area contributed by atoms with E-state index in [1.54, 1.807) is 19.1 Å². The normalized spacial score (nSPS) is 12.6. The van der Waals surface area contributed by atoms with Crippen LogP contribution >= 0.6 is 0 Å². The Morgan fingerprint density at radius 1 is 1.21 bits per heavy atom. The highest BCUT2D eigenvalue weighted by atomic mass is 16.6. The zero-order valence-corrected chi connectivity index (χ0v) is 16.2. The molecule has 2 rings (SSSR count). The number of amides is 1. The molecular weight excluding hydrogens is 380 g/mol. The number of ether oxygens (including phenoxy) is 2. The van der Waals surface area contributed by atoms with Gasteiger partial charge in [-0.25, -0.2) is 4.79 Å². The van der Waals surface area contributed by atoms with Gasteiger partial charge in [0.2, 0.25) is 5.75 Å². The van der Waals surface area contributed by atoms with E-state index in [0.29, 0.717) is 5.56 Å². The molecule has 9 nitrogen and oxygen atoms in total. The quantitative estimate of drug-likeness (QED) is 0.393. The van der Waals surface area contributed by atoms with Crippen LogP contribution in [-0.2, 0) is 16.1 Å². The lowest BCUT2D eigenvalue weighted by Gasteiger charge is -2.19. The van der Waals surface area contributed by atoms with Crippen molar-refractivity contribution >= 4 is 17.6 Å². The number of nitro groups is 1. The second-order valence-corrected chi connectivity index (χ2v) is 6.35. The number of nitrogens with zero attached hydrogens (tertiary/aromatic N) is 1. The first-order valence-electron chi connectivity index (χ1n) is 8.77. The molecule has 2 N–H and O–H groups in total. The fourth-order valence-electron chi connectivity index (χ4n) is 2.67. The van der Waals surface area contributed by atoms with Crippen LogP contribution in [0, 0.1) is 17.0 Å². The molecule has 154 valence electrons. The molecule has 0 spiro atoms. The molecule has 0 unspecified atom stereocenters. The van der Waals surface area contributed by atoms with Crippen molar-refractivity contribution in [2.45, 2.75) is 32.6 Å². The Bertz CT molecular complexity index is 897. The topological polar surface area (TPSA) is 128 Å². The van der Waals surface area contributed by atoms with Gasteiger partial charge in [-0.05, 0) is 31.0 Å². The van der Waals surface area contributed by atoms with Crippen LogP contribution < -0.4 is 10.1 Å². The number of aryl methyl sites for hydroxylation is 1. The van der Waals surface area contributed by atoms with Crippen molar-refractivity contribution in [1.82, 2.24) is 5.32 Å². The third kappa shape index (κ3) is 5.29. The van der Waals surface area contributed by atoms with Crippen molar-refractivity contribution in [3.8, 4) is 5.75 Å². The van der Waals surface area contributed by atoms with Gasteiger partial charge in [-0.15, -0.1) is 0 Å². The average molecular weight is 402 g/mol. The van der Waals surface area contributed by atoms with E-state index in [4.69, 9.17) is 4.74 Å². The summed E-state index contributed by atoms with van der Waals surface area (Å²) >= 11 is 0.